The Balaban J connectivity index is 1.14. The van der Waals surface area contributed by atoms with Crippen molar-refractivity contribution in [2.45, 2.75) is 0 Å². The number of hydrogen-bond donors (Lipinski definition) is 0. The van der Waals surface area contributed by atoms with Crippen LogP contribution >= 0.6 is 0 Å². The first-order chi connectivity index (χ1) is 44.2. The number of hydrogen-bond acceptors (Lipinski definition) is 3. The lowest BCUT2D eigenvalue weighted by atomic mass is 9.99. The maximum atomic E-state index is 5.86. The molecule has 7 heterocycles. The first-order valence-corrected chi connectivity index (χ1v) is 30.3. The lowest BCUT2D eigenvalue weighted by Gasteiger charge is -2.28. The molecule has 0 amide bonds. The van der Waals surface area contributed by atoms with E-state index < -0.39 is 0 Å². The fourth-order valence-electron chi connectivity index (χ4n) is 14.7. The highest BCUT2D eigenvalue weighted by atomic mass is 15.1. The third kappa shape index (κ3) is 7.14. The lowest BCUT2D eigenvalue weighted by molar-refractivity contribution is 1.02. The molecule has 0 aliphatic carbocycles. The smallest absolute Gasteiger partial charge is 0.160 e. The van der Waals surface area contributed by atoms with Crippen LogP contribution in [0.25, 0.3) is 171 Å². The minimum absolute atomic E-state index is 0.628. The molecular weight excluding hydrogens is 1080 g/mol. The van der Waals surface area contributed by atoms with Gasteiger partial charge in [0, 0.05) is 71.7 Å². The van der Waals surface area contributed by atoms with Crippen molar-refractivity contribution in [3.8, 4) is 62.3 Å². The van der Waals surface area contributed by atoms with Crippen LogP contribution < -0.4 is 0 Å². The first-order valence-electron chi connectivity index (χ1n) is 30.3. The summed E-state index contributed by atoms with van der Waals surface area (Å²) in [6, 6.07) is 108. The number of pyridine rings is 1. The summed E-state index contributed by atoms with van der Waals surface area (Å²) in [5, 5.41) is 10.2. The normalized spacial score (nSPS) is 12.0. The van der Waals surface area contributed by atoms with Crippen molar-refractivity contribution in [2.24, 2.45) is 0 Å². The lowest BCUT2D eigenvalue weighted by Crippen LogP contribution is -2.15. The van der Waals surface area contributed by atoms with E-state index in [-0.39, 0.29) is 0 Å². The second-order valence-electron chi connectivity index (χ2n) is 23.0. The van der Waals surface area contributed by atoms with E-state index in [4.69, 9.17) is 15.0 Å². The molecule has 0 aliphatic heterocycles. The molecule has 0 fully saturated rings. The van der Waals surface area contributed by atoms with Crippen LogP contribution in [0.5, 0.6) is 0 Å². The molecule has 7 aromatic heterocycles. The molecule has 0 aliphatic rings. The molecule has 8 nitrogen and oxygen atoms in total. The fourth-order valence-corrected chi connectivity index (χ4v) is 14.7. The summed E-state index contributed by atoms with van der Waals surface area (Å²) in [6.45, 7) is 0. The van der Waals surface area contributed by atoms with Gasteiger partial charge < -0.3 is 22.8 Å². The Kier molecular flexibility index (Phi) is 10.6. The molecular formula is C81H50N8. The zero-order chi connectivity index (χ0) is 58.3. The molecule has 12 aromatic carbocycles. The monoisotopic (exact) mass is 1130 g/mol. The van der Waals surface area contributed by atoms with Crippen LogP contribution in [0.1, 0.15) is 0 Å². The Morgan fingerprint density at radius 2 is 0.674 bits per heavy atom. The van der Waals surface area contributed by atoms with E-state index in [1.807, 2.05) is 6.20 Å². The number of aromatic nitrogens is 8. The molecule has 19 rings (SSSR count). The molecule has 0 unspecified atom stereocenters. The summed E-state index contributed by atoms with van der Waals surface area (Å²) in [4.78, 5) is 16.7. The molecule has 0 bridgehead atoms. The van der Waals surface area contributed by atoms with Gasteiger partial charge in [-0.05, 0) is 84.9 Å². The Hall–Kier alpha value is -12.1. The molecule has 19 aromatic rings. The summed E-state index contributed by atoms with van der Waals surface area (Å²) in [6.07, 6.45) is 1.94. The molecule has 0 atom stereocenters. The topological polar surface area (TPSA) is 63.3 Å². The van der Waals surface area contributed by atoms with Gasteiger partial charge in [-0.3, -0.25) is 4.98 Å². The Bertz CT molecular complexity index is 5880. The van der Waals surface area contributed by atoms with Gasteiger partial charge in [-0.15, -0.1) is 0 Å². The number of para-hydroxylation sites is 8. The van der Waals surface area contributed by atoms with E-state index in [1.54, 1.807) is 0 Å². The maximum absolute atomic E-state index is 5.86. The van der Waals surface area contributed by atoms with Crippen LogP contribution in [0.15, 0.2) is 303 Å². The third-order valence-corrected chi connectivity index (χ3v) is 18.3. The van der Waals surface area contributed by atoms with Crippen molar-refractivity contribution in [1.29, 1.82) is 0 Å². The van der Waals surface area contributed by atoms with Gasteiger partial charge in [0.15, 0.2) is 5.82 Å². The zero-order valence-electron chi connectivity index (χ0n) is 47.9. The van der Waals surface area contributed by atoms with E-state index in [0.717, 1.165) is 166 Å². The van der Waals surface area contributed by atoms with E-state index in [0.29, 0.717) is 5.82 Å². The van der Waals surface area contributed by atoms with Crippen LogP contribution in [-0.2, 0) is 0 Å². The molecule has 8 heteroatoms. The Morgan fingerprint density at radius 3 is 1.20 bits per heavy atom. The largest absolute Gasteiger partial charge is 0.308 e. The number of benzene rings is 12. The number of fused-ring (bicyclic) bond motifs is 16. The second kappa shape index (κ2) is 19.2. The van der Waals surface area contributed by atoms with Gasteiger partial charge in [0.05, 0.1) is 100 Å². The fraction of sp³-hybridized carbons (Fsp3) is 0. The van der Waals surface area contributed by atoms with E-state index in [9.17, 15) is 0 Å². The number of nitrogens with zero attached hydrogens (tertiary/aromatic N) is 8. The summed E-state index contributed by atoms with van der Waals surface area (Å²) >= 11 is 0. The van der Waals surface area contributed by atoms with Gasteiger partial charge in [-0.1, -0.05) is 212 Å². The van der Waals surface area contributed by atoms with Crippen molar-refractivity contribution in [3.63, 3.8) is 0 Å². The van der Waals surface area contributed by atoms with Crippen LogP contribution in [0.3, 0.4) is 0 Å². The first kappa shape index (κ1) is 49.2. The predicted octanol–water partition coefficient (Wildman–Crippen LogP) is 20.4. The maximum Gasteiger partial charge on any atom is 0.160 e. The van der Waals surface area contributed by atoms with Gasteiger partial charge in [-0.2, -0.15) is 0 Å². The standard InChI is InChI=1S/C81H50N8/c1-4-25-51(26-5-1)63-50-64(84-81(83-63)52-27-6-2-7-28-52)62-49-74(86-65-38-17-10-31-54(65)55-32-11-18-39-66(55)86)79(89-71-44-23-16-37-60(71)61-46-47-72-75(77(61)89)76-73(45-24-48-82-76)85(72)53-29-8-3-9-30-53)80(88-69-42-21-14-35-58(69)59-36-15-22-43-70(59)88)78(62)87-67-40-19-12-33-56(67)57-34-13-20-41-68(57)87/h1-50H. The van der Waals surface area contributed by atoms with E-state index in [2.05, 4.69) is 320 Å². The highest BCUT2D eigenvalue weighted by Crippen LogP contribution is 2.51. The van der Waals surface area contributed by atoms with Gasteiger partial charge >= 0.3 is 0 Å². The van der Waals surface area contributed by atoms with Crippen LogP contribution in [0.2, 0.25) is 0 Å². The van der Waals surface area contributed by atoms with Gasteiger partial charge in [0.2, 0.25) is 0 Å². The minimum atomic E-state index is 0.628. The molecule has 0 N–H and O–H groups in total. The van der Waals surface area contributed by atoms with Crippen LogP contribution in [-0.4, -0.2) is 37.8 Å². The summed E-state index contributed by atoms with van der Waals surface area (Å²) in [7, 11) is 0. The quantitative estimate of drug-likeness (QED) is 0.152. The summed E-state index contributed by atoms with van der Waals surface area (Å²) < 4.78 is 12.6. The highest BCUT2D eigenvalue weighted by Gasteiger charge is 2.34. The average Bonchev–Trinajstić information content (AvgIpc) is 1.58. The molecule has 0 saturated heterocycles. The minimum Gasteiger partial charge on any atom is -0.308 e. The van der Waals surface area contributed by atoms with Crippen LogP contribution in [0, 0.1) is 0 Å². The SMILES string of the molecule is c1ccc(-c2cc(-c3cc(-n4c5ccccc5c5ccccc54)c(-n4c5ccccc5c5ccc6c(c7ncccc7n6-c6ccccc6)c54)c(-n4c5ccccc5c5ccccc54)c3-n3c4ccccc4c4ccccc43)nc(-c3ccccc3)n2)cc1. The Labute approximate surface area is 509 Å². The zero-order valence-corrected chi connectivity index (χ0v) is 47.9. The van der Waals surface area contributed by atoms with Gasteiger partial charge in [0.1, 0.15) is 0 Å². The average molecular weight is 1140 g/mol. The summed E-state index contributed by atoms with van der Waals surface area (Å²) in [5.41, 5.74) is 20.8. The van der Waals surface area contributed by atoms with Crippen molar-refractivity contribution in [1.82, 2.24) is 37.8 Å². The summed E-state index contributed by atoms with van der Waals surface area (Å²) in [5.74, 6) is 0.628. The number of rotatable bonds is 8. The Morgan fingerprint density at radius 1 is 0.258 bits per heavy atom. The van der Waals surface area contributed by atoms with Gasteiger partial charge in [0.25, 0.3) is 0 Å². The molecule has 0 spiro atoms. The van der Waals surface area contributed by atoms with Crippen molar-refractivity contribution in [2.75, 3.05) is 0 Å². The third-order valence-electron chi connectivity index (χ3n) is 18.3. The van der Waals surface area contributed by atoms with Crippen LogP contribution in [0.4, 0.5) is 0 Å². The highest BCUT2D eigenvalue weighted by molar-refractivity contribution is 6.26. The van der Waals surface area contributed by atoms with Crippen molar-refractivity contribution < 1.29 is 0 Å². The van der Waals surface area contributed by atoms with Gasteiger partial charge in [-0.25, -0.2) is 9.97 Å². The molecule has 0 saturated carbocycles. The second-order valence-corrected chi connectivity index (χ2v) is 23.0. The van der Waals surface area contributed by atoms with Crippen molar-refractivity contribution >= 4 is 109 Å². The molecule has 0 radical (unpaired) electrons. The van der Waals surface area contributed by atoms with Crippen molar-refractivity contribution in [3.05, 3.63) is 303 Å². The van der Waals surface area contributed by atoms with E-state index in [1.165, 1.54) is 0 Å². The molecule has 414 valence electrons. The van der Waals surface area contributed by atoms with E-state index >= 15 is 0 Å². The molecule has 89 heavy (non-hydrogen) atoms. The predicted molar refractivity (Wildman–Crippen MR) is 368 cm³/mol.